The normalized spacial score (nSPS) is 13.1. The zero-order chi connectivity index (χ0) is 61.7. The predicted molar refractivity (Wildman–Crippen MR) is 380 cm³/mol. The van der Waals surface area contributed by atoms with E-state index in [0.29, 0.717) is 0 Å². The number of aromatic nitrogens is 2. The second kappa shape index (κ2) is 32.1. The van der Waals surface area contributed by atoms with E-state index in [2.05, 4.69) is 275 Å². The van der Waals surface area contributed by atoms with E-state index < -0.39 is 0 Å². The summed E-state index contributed by atoms with van der Waals surface area (Å²) in [4.78, 5) is 9.07. The molecule has 10 aromatic rings. The number of unbranched alkanes of at least 4 members (excludes halogenated alkanes) is 10. The van der Waals surface area contributed by atoms with Crippen molar-refractivity contribution in [2.24, 2.45) is 0 Å². The molecule has 0 amide bonds. The number of rotatable bonds is 22. The predicted octanol–water partition coefficient (Wildman–Crippen LogP) is 23.0. The van der Waals surface area contributed by atoms with Crippen molar-refractivity contribution in [1.29, 1.82) is 0 Å². The number of nitrogens with zero attached hydrogens (tertiary/aromatic N) is 2. The summed E-state index contributed by atoms with van der Waals surface area (Å²) in [5.41, 5.74) is 22.6. The molecule has 0 spiro atoms. The number of pyridine rings is 2. The molecular weight excluding hydrogens is 1140 g/mol. The average molecular weight is 1230 g/mol. The van der Waals surface area contributed by atoms with Crippen LogP contribution in [0.2, 0.25) is 0 Å². The first-order chi connectivity index (χ1) is 42.8. The largest absolute Gasteiger partial charge is 0.494 e. The first-order valence-electron chi connectivity index (χ1n) is 32.4. The summed E-state index contributed by atoms with van der Waals surface area (Å²) in [6.07, 6.45) is 22.4. The monoisotopic (exact) mass is 1220 g/mol. The second-order valence-electron chi connectivity index (χ2n) is 24.8. The van der Waals surface area contributed by atoms with Crippen LogP contribution in [0.4, 0.5) is 0 Å². The molecule has 450 valence electrons. The molecule has 0 bridgehead atoms. The molecule has 3 heterocycles. The van der Waals surface area contributed by atoms with E-state index in [1.54, 1.807) is 0 Å². The molecule has 0 saturated carbocycles. The minimum atomic E-state index is -0.303. The van der Waals surface area contributed by atoms with Crippen LogP contribution < -0.4 is 5.46 Å². The zero-order valence-corrected chi connectivity index (χ0v) is 55.1. The summed E-state index contributed by atoms with van der Waals surface area (Å²) in [5, 5.41) is 0. The van der Waals surface area contributed by atoms with Crippen LogP contribution in [0, 0.1) is 13.8 Å². The maximum absolute atomic E-state index is 6.16. The zero-order valence-electron chi connectivity index (χ0n) is 53.5. The summed E-state index contributed by atoms with van der Waals surface area (Å²) < 4.78 is 13.4. The fourth-order valence-electron chi connectivity index (χ4n) is 11.5. The Morgan fingerprint density at radius 3 is 1.14 bits per heavy atom. The Kier molecular flexibility index (Phi) is 23.7. The first kappa shape index (κ1) is 65.0. The van der Waals surface area contributed by atoms with Crippen molar-refractivity contribution in [3.63, 3.8) is 0 Å². The van der Waals surface area contributed by atoms with Gasteiger partial charge in [0.25, 0.3) is 0 Å². The lowest BCUT2D eigenvalue weighted by Gasteiger charge is -2.32. The highest BCUT2D eigenvalue weighted by Crippen LogP contribution is 2.37. The van der Waals surface area contributed by atoms with E-state index in [-0.39, 0.29) is 18.3 Å². The minimum Gasteiger partial charge on any atom is -0.399 e. The topological polar surface area (TPSA) is 44.2 Å². The molecule has 1 saturated heterocycles. The van der Waals surface area contributed by atoms with Gasteiger partial charge in [-0.05, 0) is 187 Å². The van der Waals surface area contributed by atoms with E-state index in [1.165, 1.54) is 168 Å². The Balaban J connectivity index is 0.000000166. The highest BCUT2D eigenvalue weighted by Gasteiger charge is 2.51. The summed E-state index contributed by atoms with van der Waals surface area (Å²) >= 11 is 3.51. The molecule has 6 heteroatoms. The van der Waals surface area contributed by atoms with Crippen molar-refractivity contribution in [3.8, 4) is 78.1 Å². The van der Waals surface area contributed by atoms with Crippen molar-refractivity contribution < 1.29 is 9.31 Å². The maximum Gasteiger partial charge on any atom is 0.494 e. The van der Waals surface area contributed by atoms with E-state index in [0.717, 1.165) is 32.5 Å². The van der Waals surface area contributed by atoms with Crippen molar-refractivity contribution in [3.05, 3.63) is 258 Å². The quantitative estimate of drug-likeness (QED) is 0.0501. The molecule has 8 aromatic carbocycles. The Morgan fingerprint density at radius 2 is 0.716 bits per heavy atom. The summed E-state index contributed by atoms with van der Waals surface area (Å²) in [6, 6.07) is 78.0. The molecule has 0 aliphatic carbocycles. The van der Waals surface area contributed by atoms with E-state index >= 15 is 0 Å². The van der Waals surface area contributed by atoms with Crippen molar-refractivity contribution in [1.82, 2.24) is 9.97 Å². The first-order valence-corrected chi connectivity index (χ1v) is 33.2. The fourth-order valence-corrected chi connectivity index (χ4v) is 11.9. The van der Waals surface area contributed by atoms with Gasteiger partial charge in [-0.1, -0.05) is 276 Å². The number of hydrogen-bond donors (Lipinski definition) is 0. The summed E-state index contributed by atoms with van der Waals surface area (Å²) in [5.74, 6) is 0. The minimum absolute atomic E-state index is 0.297. The van der Waals surface area contributed by atoms with Crippen LogP contribution in [0.25, 0.3) is 78.1 Å². The van der Waals surface area contributed by atoms with Crippen LogP contribution in [-0.4, -0.2) is 28.3 Å². The molecule has 88 heavy (non-hydrogen) atoms. The van der Waals surface area contributed by atoms with E-state index in [9.17, 15) is 0 Å². The number of aryl methyl sites for hydroxylation is 4. The molecule has 0 radical (unpaired) electrons. The van der Waals surface area contributed by atoms with Crippen LogP contribution in [0.5, 0.6) is 0 Å². The smallest absolute Gasteiger partial charge is 0.399 e. The van der Waals surface area contributed by atoms with Gasteiger partial charge < -0.3 is 9.31 Å². The molecule has 1 fully saturated rings. The van der Waals surface area contributed by atoms with Crippen LogP contribution in [0.1, 0.15) is 141 Å². The van der Waals surface area contributed by atoms with Crippen LogP contribution >= 0.6 is 15.9 Å². The van der Waals surface area contributed by atoms with Crippen molar-refractivity contribution in [2.45, 2.75) is 156 Å². The third-order valence-corrected chi connectivity index (χ3v) is 18.1. The highest BCUT2D eigenvalue weighted by molar-refractivity contribution is 9.10. The van der Waals surface area contributed by atoms with Gasteiger partial charge in [-0.3, -0.25) is 9.97 Å². The Hall–Kier alpha value is -7.48. The van der Waals surface area contributed by atoms with Gasteiger partial charge in [-0.15, -0.1) is 0 Å². The fraction of sp³-hybridized carbons (Fsp3) is 0.293. The van der Waals surface area contributed by atoms with E-state index in [4.69, 9.17) is 9.31 Å². The van der Waals surface area contributed by atoms with Gasteiger partial charge in [0.1, 0.15) is 0 Å². The third-order valence-electron chi connectivity index (χ3n) is 17.6. The number of hydrogen-bond acceptors (Lipinski definition) is 4. The third kappa shape index (κ3) is 18.1. The van der Waals surface area contributed by atoms with Crippen LogP contribution in [0.3, 0.4) is 0 Å². The lowest BCUT2D eigenvalue weighted by atomic mass is 9.78. The Morgan fingerprint density at radius 1 is 0.352 bits per heavy atom. The molecule has 0 atom stereocenters. The number of halogens is 1. The van der Waals surface area contributed by atoms with Gasteiger partial charge in [0.05, 0.1) is 22.6 Å². The van der Waals surface area contributed by atoms with Crippen molar-refractivity contribution in [2.75, 3.05) is 0 Å². The molecule has 0 N–H and O–H groups in total. The molecule has 4 nitrogen and oxygen atoms in total. The van der Waals surface area contributed by atoms with Gasteiger partial charge in [-0.25, -0.2) is 0 Å². The van der Waals surface area contributed by atoms with Gasteiger partial charge >= 0.3 is 7.12 Å². The van der Waals surface area contributed by atoms with Crippen LogP contribution in [-0.2, 0) is 22.2 Å². The lowest BCUT2D eigenvalue weighted by Crippen LogP contribution is -2.41. The lowest BCUT2D eigenvalue weighted by molar-refractivity contribution is 0.00578. The Bertz CT molecular complexity index is 3720. The molecule has 0 unspecified atom stereocenters. The Labute approximate surface area is 536 Å². The standard InChI is InChI=1S/C38H39N.C26H37BO2.C18H14BrN/c1-3-4-5-6-7-9-12-30-15-17-31(18-16-30)32-19-21-33(22-20-32)35-23-24-37(29(2)27-35)36-25-26-39-38(28-36)34-13-10-8-11-14-34;1-6-7-8-9-10-11-12-21-13-15-22(16-14-21)23-17-19-24(20-18-23)27-28-25(2,3)26(4,5)29-27;1-13-11-16(19)7-8-17(13)15-9-10-20-18(12-15)14-5-3-2-4-6-14/h8,10-11,13-28H,3-7,9,12H2,1-2H3;13-20H,6-12H2,1-5H3;2-12H,1H3. The van der Waals surface area contributed by atoms with Crippen LogP contribution in [0.15, 0.2) is 235 Å². The highest BCUT2D eigenvalue weighted by atomic mass is 79.9. The molecule has 2 aromatic heterocycles. The van der Waals surface area contributed by atoms with Gasteiger partial charge in [0.2, 0.25) is 0 Å². The van der Waals surface area contributed by atoms with Gasteiger partial charge in [0, 0.05) is 28.0 Å². The number of benzene rings is 8. The summed E-state index contributed by atoms with van der Waals surface area (Å²) in [6.45, 7) is 17.2. The second-order valence-corrected chi connectivity index (χ2v) is 25.7. The molecule has 1 aliphatic heterocycles. The SMILES string of the molecule is CCCCCCCCc1ccc(-c2ccc(-c3ccc(-c4ccnc(-c5ccccc5)c4)c(C)c3)cc2)cc1.CCCCCCCCc1ccc(-c2ccc(B3OC(C)(C)C(C)(C)O3)cc2)cc1.Cc1cc(Br)ccc1-c1ccnc(-c2ccccc2)c1. The average Bonchev–Trinajstić information content (AvgIpc) is 2.51. The molecule has 11 rings (SSSR count). The molecular formula is C82H90BBrN2O2. The summed E-state index contributed by atoms with van der Waals surface area (Å²) in [7, 11) is -0.297. The maximum atomic E-state index is 6.16. The van der Waals surface area contributed by atoms with Crippen molar-refractivity contribution >= 4 is 28.5 Å². The molecule has 1 aliphatic rings. The van der Waals surface area contributed by atoms with Gasteiger partial charge in [-0.2, -0.15) is 0 Å². The van der Waals surface area contributed by atoms with Gasteiger partial charge in [0.15, 0.2) is 0 Å². The van der Waals surface area contributed by atoms with E-state index in [1.807, 2.05) is 36.7 Å².